The molecule has 0 bridgehead atoms. The lowest BCUT2D eigenvalue weighted by Crippen LogP contribution is -2.50. The summed E-state index contributed by atoms with van der Waals surface area (Å²) in [6, 6.07) is 10.1. The standard InChI is InChI=1S/C18H18F7NO2.C8H9Cl.C7H11FO2.C2H6/c19-16(17(20,21)22,18(23,24)25)12-2-3-13-11(8-12)9-14-15(13,4-1-7-27)5-6-26(14)10-28;1-7-2-4-8(6-9)5-3-7;8-6-3-1-5(2-4-6)7(9)10;1-2/h2-3,8,10,14,27H,1,4-7,9H2;2-5H,6H2,1H3;5-6H,1-4H2,(H,9,10);1-2H3. The molecule has 14 heteroatoms. The van der Waals surface area contributed by atoms with Crippen LogP contribution in [0.2, 0.25) is 0 Å². The van der Waals surface area contributed by atoms with Crippen LogP contribution in [0.15, 0.2) is 42.5 Å². The van der Waals surface area contributed by atoms with Gasteiger partial charge in [0.1, 0.15) is 6.17 Å². The number of nitrogens with zero attached hydrogens (tertiary/aromatic N) is 1. The van der Waals surface area contributed by atoms with E-state index in [1.54, 1.807) is 0 Å². The summed E-state index contributed by atoms with van der Waals surface area (Å²) in [5.74, 6) is -0.445. The zero-order valence-corrected chi connectivity index (χ0v) is 28.4. The van der Waals surface area contributed by atoms with E-state index in [0.717, 1.165) is 6.07 Å². The molecule has 5 nitrogen and oxygen atoms in total. The Hall–Kier alpha value is -2.93. The molecule has 276 valence electrons. The summed E-state index contributed by atoms with van der Waals surface area (Å²) >= 11 is 5.58. The third-order valence-corrected chi connectivity index (χ3v) is 9.59. The van der Waals surface area contributed by atoms with E-state index in [9.17, 15) is 44.7 Å². The number of hydrogen-bond acceptors (Lipinski definition) is 3. The van der Waals surface area contributed by atoms with Gasteiger partial charge in [0.2, 0.25) is 6.41 Å². The minimum atomic E-state index is -6.17. The van der Waals surface area contributed by atoms with E-state index in [1.807, 2.05) is 26.0 Å². The largest absolute Gasteiger partial charge is 0.481 e. The van der Waals surface area contributed by atoms with Crippen LogP contribution in [0.5, 0.6) is 0 Å². The number of amides is 1. The predicted octanol–water partition coefficient (Wildman–Crippen LogP) is 9.13. The fourth-order valence-electron chi connectivity index (χ4n) is 6.68. The van der Waals surface area contributed by atoms with E-state index >= 15 is 0 Å². The highest BCUT2D eigenvalue weighted by Crippen LogP contribution is 2.56. The second-order valence-electron chi connectivity index (χ2n) is 12.2. The second kappa shape index (κ2) is 17.8. The van der Waals surface area contributed by atoms with Crippen molar-refractivity contribution in [1.82, 2.24) is 4.90 Å². The normalized spacial score (nSPS) is 23.0. The molecule has 2 aliphatic carbocycles. The van der Waals surface area contributed by atoms with Crippen LogP contribution in [0.4, 0.5) is 35.1 Å². The van der Waals surface area contributed by atoms with Crippen LogP contribution in [0, 0.1) is 12.8 Å². The average Bonchev–Trinajstić information content (AvgIpc) is 3.57. The molecule has 2 N–H and O–H groups in total. The maximum absolute atomic E-state index is 14.4. The molecule has 1 amide bonds. The lowest BCUT2D eigenvalue weighted by Gasteiger charge is -2.33. The number of aliphatic hydroxyl groups is 1. The summed E-state index contributed by atoms with van der Waals surface area (Å²) in [6.07, 6.45) is -9.32. The van der Waals surface area contributed by atoms with Crippen LogP contribution in [-0.2, 0) is 33.0 Å². The van der Waals surface area contributed by atoms with Gasteiger partial charge in [-0.3, -0.25) is 9.59 Å². The van der Waals surface area contributed by atoms with Crippen molar-refractivity contribution in [3.8, 4) is 0 Å². The fraction of sp³-hybridized carbons (Fsp3) is 0.600. The van der Waals surface area contributed by atoms with Crippen LogP contribution in [0.1, 0.15) is 86.6 Å². The van der Waals surface area contributed by atoms with Gasteiger partial charge in [-0.05, 0) is 75.0 Å². The van der Waals surface area contributed by atoms with Crippen LogP contribution >= 0.6 is 11.6 Å². The molecule has 3 aliphatic rings. The third-order valence-electron chi connectivity index (χ3n) is 9.29. The highest BCUT2D eigenvalue weighted by molar-refractivity contribution is 6.17. The van der Waals surface area contributed by atoms with Gasteiger partial charge in [-0.15, -0.1) is 11.6 Å². The molecule has 0 spiro atoms. The summed E-state index contributed by atoms with van der Waals surface area (Å²) in [5, 5.41) is 17.7. The van der Waals surface area contributed by atoms with Crippen LogP contribution in [0.3, 0.4) is 0 Å². The number of carbonyl (C=O) groups is 2. The number of hydrogen-bond donors (Lipinski definition) is 2. The molecule has 1 heterocycles. The van der Waals surface area contributed by atoms with E-state index in [0.29, 0.717) is 81.5 Å². The molecule has 2 atom stereocenters. The Bertz CT molecular complexity index is 1330. The molecule has 1 aliphatic heterocycles. The Morgan fingerprint density at radius 3 is 2.02 bits per heavy atom. The lowest BCUT2D eigenvalue weighted by molar-refractivity contribution is -0.348. The summed E-state index contributed by atoms with van der Waals surface area (Å²) in [7, 11) is 0. The Labute approximate surface area is 286 Å². The van der Waals surface area contributed by atoms with Gasteiger partial charge >= 0.3 is 24.0 Å². The van der Waals surface area contributed by atoms with Gasteiger partial charge in [0.05, 0.1) is 5.92 Å². The molecule has 0 aromatic heterocycles. The molecular formula is C35H44ClF8NO4. The van der Waals surface area contributed by atoms with Gasteiger partial charge in [0, 0.05) is 36.1 Å². The summed E-state index contributed by atoms with van der Waals surface area (Å²) < 4.78 is 105. The van der Waals surface area contributed by atoms with Crippen molar-refractivity contribution in [1.29, 1.82) is 0 Å². The van der Waals surface area contributed by atoms with E-state index in [-0.39, 0.29) is 24.5 Å². The van der Waals surface area contributed by atoms with Crippen molar-refractivity contribution in [3.63, 3.8) is 0 Å². The number of likely N-dealkylation sites (tertiary alicyclic amines) is 1. The SMILES string of the molecule is CC.Cc1ccc(CCl)cc1.O=C(O)C1CCC(F)CC1.O=CN1CCC2(CCCO)c3ccc(C(F)(C(F)(F)F)C(F)(F)F)cc3CC12. The number of aliphatic carboxylic acids is 1. The number of benzene rings is 2. The van der Waals surface area contributed by atoms with Crippen LogP contribution < -0.4 is 0 Å². The molecule has 0 radical (unpaired) electrons. The number of halogens is 9. The minimum Gasteiger partial charge on any atom is -0.481 e. The van der Waals surface area contributed by atoms with Crippen molar-refractivity contribution in [2.75, 3.05) is 13.2 Å². The van der Waals surface area contributed by atoms with Gasteiger partial charge in [0.25, 0.3) is 0 Å². The highest BCUT2D eigenvalue weighted by atomic mass is 35.5. The van der Waals surface area contributed by atoms with Crippen molar-refractivity contribution >= 4 is 24.0 Å². The zero-order valence-electron chi connectivity index (χ0n) is 27.7. The predicted molar refractivity (Wildman–Crippen MR) is 171 cm³/mol. The van der Waals surface area contributed by atoms with Gasteiger partial charge in [-0.25, -0.2) is 8.78 Å². The van der Waals surface area contributed by atoms with Gasteiger partial charge in [0.15, 0.2) is 0 Å². The zero-order chi connectivity index (χ0) is 37.2. The minimum absolute atomic E-state index is 0.0408. The van der Waals surface area contributed by atoms with Crippen molar-refractivity contribution in [3.05, 3.63) is 70.3 Å². The quantitative estimate of drug-likeness (QED) is 0.169. The van der Waals surface area contributed by atoms with E-state index in [1.165, 1.54) is 16.0 Å². The molecular weight excluding hydrogens is 686 g/mol. The molecule has 1 saturated heterocycles. The molecule has 5 rings (SSSR count). The van der Waals surface area contributed by atoms with Gasteiger partial charge in [-0.1, -0.05) is 61.9 Å². The number of alkyl halides is 9. The first-order valence-corrected chi connectivity index (χ1v) is 16.7. The Morgan fingerprint density at radius 2 is 1.55 bits per heavy atom. The molecule has 2 aromatic rings. The van der Waals surface area contributed by atoms with Gasteiger partial charge in [-0.2, -0.15) is 26.3 Å². The van der Waals surface area contributed by atoms with Crippen LogP contribution in [-0.4, -0.2) is 65.2 Å². The summed E-state index contributed by atoms with van der Waals surface area (Å²) in [4.78, 5) is 23.1. The first-order valence-electron chi connectivity index (χ1n) is 16.2. The summed E-state index contributed by atoms with van der Waals surface area (Å²) in [6.45, 7) is 6.33. The number of rotatable bonds is 7. The highest BCUT2D eigenvalue weighted by Gasteiger charge is 2.73. The molecule has 2 aromatic carbocycles. The first kappa shape index (κ1) is 42.2. The molecule has 49 heavy (non-hydrogen) atoms. The third kappa shape index (κ3) is 9.65. The van der Waals surface area contributed by atoms with Gasteiger partial charge < -0.3 is 15.1 Å². The average molecular weight is 730 g/mol. The smallest absolute Gasteiger partial charge is 0.435 e. The number of carbonyl (C=O) groups excluding carboxylic acids is 1. The first-order chi connectivity index (χ1) is 22.9. The van der Waals surface area contributed by atoms with Crippen molar-refractivity contribution in [2.45, 2.75) is 114 Å². The Balaban J connectivity index is 0.000000322. The van der Waals surface area contributed by atoms with Crippen molar-refractivity contribution < 1.29 is 54.9 Å². The fourth-order valence-corrected chi connectivity index (χ4v) is 6.86. The topological polar surface area (TPSA) is 77.8 Å². The van der Waals surface area contributed by atoms with E-state index in [4.69, 9.17) is 21.8 Å². The summed E-state index contributed by atoms with van der Waals surface area (Å²) in [5.41, 5.74) is -4.50. The number of fused-ring (bicyclic) bond motifs is 3. The van der Waals surface area contributed by atoms with E-state index in [2.05, 4.69) is 19.1 Å². The number of aliphatic hydroxyl groups excluding tert-OH is 1. The Morgan fingerprint density at radius 1 is 0.980 bits per heavy atom. The molecule has 2 fully saturated rings. The number of carboxylic acids is 1. The van der Waals surface area contributed by atoms with Crippen LogP contribution in [0.25, 0.3) is 0 Å². The van der Waals surface area contributed by atoms with E-state index < -0.39 is 47.2 Å². The monoisotopic (exact) mass is 729 g/mol. The van der Waals surface area contributed by atoms with Crippen molar-refractivity contribution in [2.24, 2.45) is 5.92 Å². The Kier molecular flexibility index (Phi) is 15.4. The second-order valence-corrected chi connectivity index (χ2v) is 12.5. The molecule has 1 saturated carbocycles. The number of carboxylic acid groups (broad SMARTS) is 1. The molecule has 2 unspecified atom stereocenters. The number of aryl methyl sites for hydroxylation is 1. The lowest BCUT2D eigenvalue weighted by atomic mass is 9.74. The maximum Gasteiger partial charge on any atom is 0.435 e. The maximum atomic E-state index is 14.4.